The summed E-state index contributed by atoms with van der Waals surface area (Å²) in [6, 6.07) is 4.75. The second-order valence-electron chi connectivity index (χ2n) is 6.22. The number of rotatable bonds is 3. The van der Waals surface area contributed by atoms with Crippen LogP contribution < -0.4 is 4.90 Å². The van der Waals surface area contributed by atoms with E-state index in [9.17, 15) is 5.11 Å². The van der Waals surface area contributed by atoms with Crippen LogP contribution in [0.25, 0.3) is 10.9 Å². The number of aromatic nitrogens is 2. The third-order valence-corrected chi connectivity index (χ3v) is 5.16. The molecule has 0 atom stereocenters. The Morgan fingerprint density at radius 3 is 2.62 bits per heavy atom. The largest absolute Gasteiger partial charge is 0.396 e. The first-order valence-corrected chi connectivity index (χ1v) is 8.34. The van der Waals surface area contributed by atoms with Crippen molar-refractivity contribution in [1.29, 1.82) is 0 Å². The number of hydrogen-bond acceptors (Lipinski definition) is 3. The SMILES string of the molecule is CN(C)c1cc2nn([C@H]3CC[C@H](CO)CC3)cc2cc1Br. The average molecular weight is 352 g/mol. The summed E-state index contributed by atoms with van der Waals surface area (Å²) in [7, 11) is 4.08. The van der Waals surface area contributed by atoms with Crippen LogP contribution in [0.5, 0.6) is 0 Å². The van der Waals surface area contributed by atoms with Gasteiger partial charge in [0.2, 0.25) is 0 Å². The fourth-order valence-electron chi connectivity index (χ4n) is 3.17. The highest BCUT2D eigenvalue weighted by Gasteiger charge is 2.22. The molecule has 1 N–H and O–H groups in total. The van der Waals surface area contributed by atoms with E-state index in [-0.39, 0.29) is 0 Å². The lowest BCUT2D eigenvalue weighted by molar-refractivity contribution is 0.165. The molecule has 114 valence electrons. The fraction of sp³-hybridized carbons (Fsp3) is 0.562. The van der Waals surface area contributed by atoms with Crippen LogP contribution in [0.15, 0.2) is 22.8 Å². The van der Waals surface area contributed by atoms with Crippen molar-refractivity contribution in [2.24, 2.45) is 5.92 Å². The van der Waals surface area contributed by atoms with Gasteiger partial charge in [0.1, 0.15) is 0 Å². The standard InChI is InChI=1S/C16H22BrN3O/c1-19(2)16-8-15-12(7-14(16)17)9-20(18-15)13-5-3-11(10-21)4-6-13/h7-9,11,13,21H,3-6,10H2,1-2H3/t11-,13-. The van der Waals surface area contributed by atoms with Crippen molar-refractivity contribution < 1.29 is 5.11 Å². The van der Waals surface area contributed by atoms with E-state index in [1.165, 1.54) is 5.39 Å². The Labute approximate surface area is 133 Å². The predicted molar refractivity (Wildman–Crippen MR) is 89.8 cm³/mol. The quantitative estimate of drug-likeness (QED) is 0.918. The number of halogens is 1. The summed E-state index contributed by atoms with van der Waals surface area (Å²) in [5, 5.41) is 15.2. The van der Waals surface area contributed by atoms with E-state index in [0.717, 1.165) is 41.4 Å². The van der Waals surface area contributed by atoms with Crippen molar-refractivity contribution in [3.05, 3.63) is 22.8 Å². The molecular weight excluding hydrogens is 330 g/mol. The average Bonchev–Trinajstić information content (AvgIpc) is 2.89. The molecule has 1 heterocycles. The van der Waals surface area contributed by atoms with Crippen molar-refractivity contribution in [1.82, 2.24) is 9.78 Å². The molecule has 1 aromatic heterocycles. The van der Waals surface area contributed by atoms with Gasteiger partial charge in [-0.15, -0.1) is 0 Å². The molecule has 0 unspecified atom stereocenters. The Morgan fingerprint density at radius 2 is 2.00 bits per heavy atom. The minimum absolute atomic E-state index is 0.326. The number of nitrogens with zero attached hydrogens (tertiary/aromatic N) is 3. The minimum Gasteiger partial charge on any atom is -0.396 e. The van der Waals surface area contributed by atoms with Gasteiger partial charge in [-0.1, -0.05) is 0 Å². The lowest BCUT2D eigenvalue weighted by Gasteiger charge is -2.27. The van der Waals surface area contributed by atoms with Gasteiger partial charge in [0.25, 0.3) is 0 Å². The molecule has 1 saturated carbocycles. The Kier molecular flexibility index (Phi) is 4.22. The topological polar surface area (TPSA) is 41.3 Å². The van der Waals surface area contributed by atoms with Gasteiger partial charge in [0.15, 0.2) is 0 Å². The third kappa shape index (κ3) is 2.94. The van der Waals surface area contributed by atoms with Crippen molar-refractivity contribution in [3.63, 3.8) is 0 Å². The van der Waals surface area contributed by atoms with E-state index in [4.69, 9.17) is 5.10 Å². The molecule has 0 bridgehead atoms. The highest BCUT2D eigenvalue weighted by atomic mass is 79.9. The Morgan fingerprint density at radius 1 is 1.29 bits per heavy atom. The van der Waals surface area contributed by atoms with Gasteiger partial charge in [0, 0.05) is 36.8 Å². The summed E-state index contributed by atoms with van der Waals surface area (Å²) in [6.45, 7) is 0.326. The predicted octanol–water partition coefficient (Wildman–Crippen LogP) is 3.59. The van der Waals surface area contributed by atoms with Gasteiger partial charge in [-0.3, -0.25) is 4.68 Å². The zero-order valence-electron chi connectivity index (χ0n) is 12.6. The first-order chi connectivity index (χ1) is 10.1. The molecule has 1 aromatic carbocycles. The van der Waals surface area contributed by atoms with Crippen LogP contribution in [0.3, 0.4) is 0 Å². The third-order valence-electron chi connectivity index (χ3n) is 4.52. The maximum atomic E-state index is 9.24. The second kappa shape index (κ2) is 5.97. The maximum absolute atomic E-state index is 9.24. The molecule has 5 heteroatoms. The van der Waals surface area contributed by atoms with E-state index in [0.29, 0.717) is 18.6 Å². The van der Waals surface area contributed by atoms with E-state index >= 15 is 0 Å². The normalized spacial score (nSPS) is 22.7. The van der Waals surface area contributed by atoms with Crippen LogP contribution in [-0.4, -0.2) is 35.6 Å². The molecule has 1 fully saturated rings. The summed E-state index contributed by atoms with van der Waals surface area (Å²) in [5.41, 5.74) is 2.20. The summed E-state index contributed by atoms with van der Waals surface area (Å²) in [4.78, 5) is 2.09. The molecule has 2 aromatic rings. The van der Waals surface area contributed by atoms with Gasteiger partial charge >= 0.3 is 0 Å². The Hall–Kier alpha value is -1.07. The molecule has 0 spiro atoms. The van der Waals surface area contributed by atoms with Crippen molar-refractivity contribution in [2.75, 3.05) is 25.6 Å². The molecule has 1 aliphatic rings. The van der Waals surface area contributed by atoms with Gasteiger partial charge in [0.05, 0.1) is 17.2 Å². The van der Waals surface area contributed by atoms with Crippen LogP contribution in [0.2, 0.25) is 0 Å². The smallest absolute Gasteiger partial charge is 0.0944 e. The van der Waals surface area contributed by atoms with Crippen molar-refractivity contribution in [3.8, 4) is 0 Å². The molecule has 0 amide bonds. The summed E-state index contributed by atoms with van der Waals surface area (Å²) in [5.74, 6) is 0.487. The van der Waals surface area contributed by atoms with E-state index in [1.54, 1.807) is 0 Å². The van der Waals surface area contributed by atoms with Crippen molar-refractivity contribution >= 4 is 32.5 Å². The molecule has 21 heavy (non-hydrogen) atoms. The number of fused-ring (bicyclic) bond motifs is 1. The van der Waals surface area contributed by atoms with Crippen molar-refractivity contribution in [2.45, 2.75) is 31.7 Å². The Bertz CT molecular complexity index is 630. The Balaban J connectivity index is 1.88. The van der Waals surface area contributed by atoms with Gasteiger partial charge in [-0.2, -0.15) is 5.10 Å². The molecule has 4 nitrogen and oxygen atoms in total. The first-order valence-electron chi connectivity index (χ1n) is 7.55. The molecule has 0 saturated heterocycles. The van der Waals surface area contributed by atoms with Crippen LogP contribution in [0.1, 0.15) is 31.7 Å². The summed E-state index contributed by atoms with van der Waals surface area (Å²) >= 11 is 3.63. The van der Waals surface area contributed by atoms with Gasteiger partial charge < -0.3 is 10.0 Å². The zero-order chi connectivity index (χ0) is 15.0. The van der Waals surface area contributed by atoms with Crippen LogP contribution in [-0.2, 0) is 0 Å². The summed E-state index contributed by atoms with van der Waals surface area (Å²) < 4.78 is 3.23. The number of hydrogen-bond donors (Lipinski definition) is 1. The lowest BCUT2D eigenvalue weighted by Crippen LogP contribution is -2.20. The summed E-state index contributed by atoms with van der Waals surface area (Å²) in [6.07, 6.45) is 6.58. The highest BCUT2D eigenvalue weighted by molar-refractivity contribution is 9.10. The maximum Gasteiger partial charge on any atom is 0.0944 e. The molecule has 3 rings (SSSR count). The van der Waals surface area contributed by atoms with Gasteiger partial charge in [-0.05, 0) is 59.7 Å². The van der Waals surface area contributed by atoms with Crippen LogP contribution in [0.4, 0.5) is 5.69 Å². The molecule has 1 aliphatic carbocycles. The number of aliphatic hydroxyl groups excluding tert-OH is 1. The van der Waals surface area contributed by atoms with Gasteiger partial charge in [-0.25, -0.2) is 0 Å². The first kappa shape index (κ1) is 14.9. The monoisotopic (exact) mass is 351 g/mol. The minimum atomic E-state index is 0.326. The molecule has 0 aliphatic heterocycles. The molecular formula is C16H22BrN3O. The highest BCUT2D eigenvalue weighted by Crippen LogP contribution is 2.34. The number of benzene rings is 1. The lowest BCUT2D eigenvalue weighted by atomic mass is 9.87. The second-order valence-corrected chi connectivity index (χ2v) is 7.08. The van der Waals surface area contributed by atoms with Crippen LogP contribution >= 0.6 is 15.9 Å². The van der Waals surface area contributed by atoms with Crippen LogP contribution in [0, 0.1) is 5.92 Å². The van der Waals surface area contributed by atoms with E-state index in [1.807, 2.05) is 14.1 Å². The van der Waals surface area contributed by atoms with E-state index < -0.39 is 0 Å². The zero-order valence-corrected chi connectivity index (χ0v) is 14.2. The van der Waals surface area contributed by atoms with E-state index in [2.05, 4.69) is 43.8 Å². The fourth-order valence-corrected chi connectivity index (χ4v) is 3.89. The number of aliphatic hydroxyl groups is 1. The molecule has 0 radical (unpaired) electrons. The number of anilines is 1.